The number of carboxylic acid groups (broad SMARTS) is 1. The first kappa shape index (κ1) is 13.2. The van der Waals surface area contributed by atoms with Crippen LogP contribution in [0.15, 0.2) is 12.1 Å². The lowest BCUT2D eigenvalue weighted by Gasteiger charge is -2.24. The Labute approximate surface area is 118 Å². The summed E-state index contributed by atoms with van der Waals surface area (Å²) in [4.78, 5) is 13.9. The van der Waals surface area contributed by atoms with Crippen LogP contribution in [0.5, 0.6) is 0 Å². The van der Waals surface area contributed by atoms with E-state index in [9.17, 15) is 9.90 Å². The van der Waals surface area contributed by atoms with E-state index in [1.807, 2.05) is 6.92 Å². The van der Waals surface area contributed by atoms with E-state index in [1.54, 1.807) is 6.07 Å². The van der Waals surface area contributed by atoms with Crippen LogP contribution in [0.3, 0.4) is 0 Å². The van der Waals surface area contributed by atoms with E-state index in [0.717, 1.165) is 42.5 Å². The summed E-state index contributed by atoms with van der Waals surface area (Å²) >= 11 is 0. The molecular weight excluding hydrogens is 252 g/mol. The van der Waals surface area contributed by atoms with Gasteiger partial charge in [-0.05, 0) is 44.2 Å². The van der Waals surface area contributed by atoms with Crippen molar-refractivity contribution in [1.29, 1.82) is 0 Å². The normalized spacial score (nSPS) is 15.6. The highest BCUT2D eigenvalue weighted by Gasteiger charge is 2.25. The van der Waals surface area contributed by atoms with Crippen LogP contribution in [0.2, 0.25) is 0 Å². The Hall–Kier alpha value is -1.81. The minimum Gasteiger partial charge on any atom is -0.478 e. The first-order chi connectivity index (χ1) is 9.52. The van der Waals surface area contributed by atoms with Crippen molar-refractivity contribution in [2.45, 2.75) is 33.4 Å². The number of aryl methyl sites for hydroxylation is 2. The lowest BCUT2D eigenvalue weighted by atomic mass is 10.0. The minimum absolute atomic E-state index is 0.430. The molecule has 4 heteroatoms. The predicted molar refractivity (Wildman–Crippen MR) is 79.3 cm³/mol. The van der Waals surface area contributed by atoms with Crippen molar-refractivity contribution < 1.29 is 9.90 Å². The monoisotopic (exact) mass is 272 g/mol. The van der Waals surface area contributed by atoms with Gasteiger partial charge in [-0.15, -0.1) is 0 Å². The van der Waals surface area contributed by atoms with Gasteiger partial charge < -0.3 is 14.6 Å². The van der Waals surface area contributed by atoms with Crippen LogP contribution in [0.25, 0.3) is 10.9 Å². The Kier molecular flexibility index (Phi) is 3.05. The summed E-state index contributed by atoms with van der Waals surface area (Å²) in [6.07, 6.45) is 0.993. The third-order valence-electron chi connectivity index (χ3n) is 4.23. The molecule has 0 spiro atoms. The lowest BCUT2D eigenvalue weighted by molar-refractivity contribution is 0.0698. The Morgan fingerprint density at radius 2 is 2.15 bits per heavy atom. The average Bonchev–Trinajstić information content (AvgIpc) is 2.70. The number of hydrogen-bond donors (Lipinski definition) is 1. The number of aromatic nitrogens is 1. The molecule has 3 rings (SSSR count). The van der Waals surface area contributed by atoms with E-state index in [1.165, 1.54) is 11.3 Å². The zero-order valence-electron chi connectivity index (χ0n) is 12.2. The highest BCUT2D eigenvalue weighted by Crippen LogP contribution is 2.33. The second-order valence-electron chi connectivity index (χ2n) is 5.67. The van der Waals surface area contributed by atoms with Crippen molar-refractivity contribution in [3.63, 3.8) is 0 Å². The number of aromatic carboxylic acids is 1. The molecule has 1 N–H and O–H groups in total. The van der Waals surface area contributed by atoms with Crippen molar-refractivity contribution in [2.24, 2.45) is 0 Å². The van der Waals surface area contributed by atoms with Crippen LogP contribution in [0.1, 0.15) is 34.1 Å². The van der Waals surface area contributed by atoms with Gasteiger partial charge >= 0.3 is 5.97 Å². The summed E-state index contributed by atoms with van der Waals surface area (Å²) in [5, 5.41) is 10.6. The number of carbonyl (C=O) groups is 1. The molecule has 0 unspecified atom stereocenters. The van der Waals surface area contributed by atoms with Crippen molar-refractivity contribution >= 4 is 16.9 Å². The summed E-state index contributed by atoms with van der Waals surface area (Å²) in [6.45, 7) is 6.81. The maximum atomic E-state index is 11.6. The van der Waals surface area contributed by atoms with Crippen LogP contribution in [0.4, 0.5) is 0 Å². The smallest absolute Gasteiger partial charge is 0.337 e. The van der Waals surface area contributed by atoms with Gasteiger partial charge in [-0.1, -0.05) is 0 Å². The summed E-state index contributed by atoms with van der Waals surface area (Å²) in [6, 6.07) is 3.91. The van der Waals surface area contributed by atoms with E-state index in [4.69, 9.17) is 0 Å². The summed E-state index contributed by atoms with van der Waals surface area (Å²) < 4.78 is 2.19. The van der Waals surface area contributed by atoms with E-state index in [-0.39, 0.29) is 0 Å². The van der Waals surface area contributed by atoms with Crippen LogP contribution >= 0.6 is 0 Å². The fraction of sp³-hybridized carbons (Fsp3) is 0.438. The van der Waals surface area contributed by atoms with Gasteiger partial charge in [-0.3, -0.25) is 0 Å². The van der Waals surface area contributed by atoms with Gasteiger partial charge in [0, 0.05) is 37.1 Å². The van der Waals surface area contributed by atoms with E-state index >= 15 is 0 Å². The molecule has 0 radical (unpaired) electrons. The molecule has 0 aliphatic carbocycles. The van der Waals surface area contributed by atoms with Crippen LogP contribution in [-0.4, -0.2) is 34.1 Å². The molecule has 0 amide bonds. The molecule has 20 heavy (non-hydrogen) atoms. The first-order valence-corrected chi connectivity index (χ1v) is 7.09. The van der Waals surface area contributed by atoms with E-state index < -0.39 is 5.97 Å². The maximum absolute atomic E-state index is 11.6. The summed E-state index contributed by atoms with van der Waals surface area (Å²) in [5.74, 6) is -0.836. The predicted octanol–water partition coefficient (Wildman–Crippen LogP) is 2.66. The second-order valence-corrected chi connectivity index (χ2v) is 5.67. The molecule has 1 aliphatic rings. The standard InChI is InChI=1S/C16H20N2O2/c1-4-18-14-5-6-17(3)9-13(14)11-7-10(2)8-12(15(11)18)16(19)20/h7-8H,4-6,9H2,1-3H3,(H,19,20). The van der Waals surface area contributed by atoms with E-state index in [2.05, 4.69) is 29.5 Å². The molecule has 0 saturated carbocycles. The Morgan fingerprint density at radius 3 is 2.80 bits per heavy atom. The van der Waals surface area contributed by atoms with Crippen molar-refractivity contribution in [3.05, 3.63) is 34.5 Å². The molecule has 0 bridgehead atoms. The molecule has 0 fully saturated rings. The van der Waals surface area contributed by atoms with Gasteiger partial charge in [0.1, 0.15) is 0 Å². The number of nitrogens with zero attached hydrogens (tertiary/aromatic N) is 2. The van der Waals surface area contributed by atoms with Crippen LogP contribution in [0, 0.1) is 6.92 Å². The van der Waals surface area contributed by atoms with Gasteiger partial charge in [0.2, 0.25) is 0 Å². The Balaban J connectivity index is 2.41. The van der Waals surface area contributed by atoms with Crippen LogP contribution in [-0.2, 0) is 19.5 Å². The third kappa shape index (κ3) is 1.83. The van der Waals surface area contributed by atoms with Crippen molar-refractivity contribution in [1.82, 2.24) is 9.47 Å². The average molecular weight is 272 g/mol. The molecule has 1 aromatic heterocycles. The third-order valence-corrected chi connectivity index (χ3v) is 4.23. The number of benzene rings is 1. The number of fused-ring (bicyclic) bond motifs is 3. The molecule has 2 heterocycles. The van der Waals surface area contributed by atoms with E-state index in [0.29, 0.717) is 5.56 Å². The van der Waals surface area contributed by atoms with Gasteiger partial charge in [-0.2, -0.15) is 0 Å². The summed E-state index contributed by atoms with van der Waals surface area (Å²) in [5.41, 5.74) is 4.96. The second kappa shape index (κ2) is 4.63. The Morgan fingerprint density at radius 1 is 1.40 bits per heavy atom. The zero-order valence-corrected chi connectivity index (χ0v) is 12.2. The fourth-order valence-electron chi connectivity index (χ4n) is 3.37. The van der Waals surface area contributed by atoms with Crippen LogP contribution < -0.4 is 0 Å². The van der Waals surface area contributed by atoms with Gasteiger partial charge in [-0.25, -0.2) is 4.79 Å². The highest BCUT2D eigenvalue weighted by atomic mass is 16.4. The molecule has 4 nitrogen and oxygen atoms in total. The number of rotatable bonds is 2. The molecular formula is C16H20N2O2. The molecule has 0 atom stereocenters. The van der Waals surface area contributed by atoms with Crippen molar-refractivity contribution in [2.75, 3.05) is 13.6 Å². The topological polar surface area (TPSA) is 45.5 Å². The number of likely N-dealkylation sites (N-methyl/N-ethyl adjacent to an activating group) is 1. The molecule has 0 saturated heterocycles. The molecule has 1 aliphatic heterocycles. The number of hydrogen-bond acceptors (Lipinski definition) is 2. The highest BCUT2D eigenvalue weighted by molar-refractivity contribution is 6.04. The van der Waals surface area contributed by atoms with Gasteiger partial charge in [0.05, 0.1) is 11.1 Å². The maximum Gasteiger partial charge on any atom is 0.337 e. The number of carboxylic acids is 1. The minimum atomic E-state index is -0.836. The Bertz CT molecular complexity index is 700. The largest absolute Gasteiger partial charge is 0.478 e. The molecule has 2 aromatic rings. The summed E-state index contributed by atoms with van der Waals surface area (Å²) in [7, 11) is 2.12. The fourth-order valence-corrected chi connectivity index (χ4v) is 3.37. The van der Waals surface area contributed by atoms with Gasteiger partial charge in [0.15, 0.2) is 0 Å². The van der Waals surface area contributed by atoms with Gasteiger partial charge in [0.25, 0.3) is 0 Å². The SMILES string of the molecule is CCn1c2c(c3cc(C)cc(C(=O)O)c31)CN(C)CC2. The zero-order chi connectivity index (χ0) is 14.4. The lowest BCUT2D eigenvalue weighted by Crippen LogP contribution is -2.27. The quantitative estimate of drug-likeness (QED) is 0.914. The van der Waals surface area contributed by atoms with Crippen molar-refractivity contribution in [3.8, 4) is 0 Å². The molecule has 106 valence electrons. The molecule has 1 aromatic carbocycles. The first-order valence-electron chi connectivity index (χ1n) is 7.09.